The van der Waals surface area contributed by atoms with Crippen LogP contribution in [0, 0.1) is 0 Å². The van der Waals surface area contributed by atoms with Crippen molar-refractivity contribution in [2.24, 2.45) is 0 Å². The van der Waals surface area contributed by atoms with Crippen molar-refractivity contribution in [1.82, 2.24) is 0 Å². The fraction of sp³-hybridized carbons (Fsp3) is 0.250. The van der Waals surface area contributed by atoms with Gasteiger partial charge < -0.3 is 19.7 Å². The highest BCUT2D eigenvalue weighted by Gasteiger charge is 2.57. The molecule has 0 heterocycles. The first-order valence-corrected chi connectivity index (χ1v) is 23.2. The number of hydrogen-bond donors (Lipinski definition) is 2. The molecule has 0 saturated heterocycles. The van der Waals surface area contributed by atoms with Gasteiger partial charge in [0.2, 0.25) is 0 Å². The van der Waals surface area contributed by atoms with Crippen molar-refractivity contribution in [3.63, 3.8) is 0 Å². The standard InChI is InChI=1S/C48H50O12P2/c49-43-44(50)46(59-61(51,55-33-39-23-11-3-12-24-39)56-34-40-25-13-4-14-26-40)48(47(54-32-38-21-9-2-10-22-38)45(43)53-31-37-19-7-1-8-20-37)60-62(52,57-35-41-27-15-5-16-28-41)58-36-42-29-17-6-18-30-42/h1-30,43-50H,31-36H2/t43-,44+,45+,46+,47-,48-/m1/s1. The zero-order chi connectivity index (χ0) is 43.0. The first-order chi connectivity index (χ1) is 30.3. The average Bonchev–Trinajstić information content (AvgIpc) is 3.32. The number of rotatable bonds is 22. The Morgan fingerprint density at radius 1 is 0.323 bits per heavy atom. The summed E-state index contributed by atoms with van der Waals surface area (Å²) in [7, 11) is -9.43. The molecule has 14 heteroatoms. The average molecular weight is 881 g/mol. The van der Waals surface area contributed by atoms with Gasteiger partial charge in [-0.05, 0) is 33.4 Å². The van der Waals surface area contributed by atoms with E-state index in [1.165, 1.54) is 0 Å². The van der Waals surface area contributed by atoms with Gasteiger partial charge in [0.15, 0.2) is 0 Å². The van der Waals surface area contributed by atoms with E-state index in [-0.39, 0.29) is 39.6 Å². The van der Waals surface area contributed by atoms with Crippen LogP contribution in [0.2, 0.25) is 0 Å². The summed E-state index contributed by atoms with van der Waals surface area (Å²) in [5, 5.41) is 24.1. The molecule has 0 aliphatic heterocycles. The predicted octanol–water partition coefficient (Wildman–Crippen LogP) is 9.75. The van der Waals surface area contributed by atoms with Gasteiger partial charge in [0, 0.05) is 0 Å². The highest BCUT2D eigenvalue weighted by Crippen LogP contribution is 2.58. The molecule has 7 rings (SSSR count). The molecule has 0 unspecified atom stereocenters. The monoisotopic (exact) mass is 880 g/mol. The van der Waals surface area contributed by atoms with E-state index in [0.29, 0.717) is 22.3 Å². The summed E-state index contributed by atoms with van der Waals surface area (Å²) in [6, 6.07) is 54.5. The van der Waals surface area contributed by atoms with Gasteiger partial charge in [-0.2, -0.15) is 0 Å². The Bertz CT molecular complexity index is 2200. The first-order valence-electron chi connectivity index (χ1n) is 20.2. The quantitative estimate of drug-likeness (QED) is 0.0626. The normalized spacial score (nSPS) is 20.5. The second-order valence-corrected chi connectivity index (χ2v) is 17.8. The van der Waals surface area contributed by atoms with Crippen molar-refractivity contribution >= 4 is 15.6 Å². The third-order valence-electron chi connectivity index (χ3n) is 10.00. The van der Waals surface area contributed by atoms with Gasteiger partial charge >= 0.3 is 15.6 Å². The largest absolute Gasteiger partial charge is 0.475 e. The zero-order valence-electron chi connectivity index (χ0n) is 33.9. The summed E-state index contributed by atoms with van der Waals surface area (Å²) < 4.78 is 79.9. The number of phosphoric acid groups is 2. The van der Waals surface area contributed by atoms with Crippen molar-refractivity contribution in [2.45, 2.75) is 76.3 Å². The van der Waals surface area contributed by atoms with Crippen LogP contribution in [0.25, 0.3) is 0 Å². The van der Waals surface area contributed by atoms with Crippen LogP contribution in [0.15, 0.2) is 182 Å². The Labute approximate surface area is 362 Å². The molecule has 1 aliphatic carbocycles. The van der Waals surface area contributed by atoms with Crippen molar-refractivity contribution in [3.05, 3.63) is 215 Å². The molecule has 0 spiro atoms. The van der Waals surface area contributed by atoms with Gasteiger partial charge in [0.25, 0.3) is 0 Å². The zero-order valence-corrected chi connectivity index (χ0v) is 35.7. The van der Waals surface area contributed by atoms with Gasteiger partial charge in [-0.25, -0.2) is 9.13 Å². The second kappa shape index (κ2) is 22.6. The van der Waals surface area contributed by atoms with Crippen molar-refractivity contribution in [3.8, 4) is 0 Å². The molecule has 6 atom stereocenters. The Balaban J connectivity index is 1.28. The molecule has 2 N–H and O–H groups in total. The minimum Gasteiger partial charge on any atom is -0.387 e. The molecule has 0 bridgehead atoms. The molecule has 1 fully saturated rings. The summed E-state index contributed by atoms with van der Waals surface area (Å²) in [4.78, 5) is 0. The van der Waals surface area contributed by atoms with Gasteiger partial charge in [-0.3, -0.25) is 27.1 Å². The highest BCUT2D eigenvalue weighted by molar-refractivity contribution is 7.48. The number of aliphatic hydroxyl groups excluding tert-OH is 2. The Morgan fingerprint density at radius 3 is 0.871 bits per heavy atom. The maximum absolute atomic E-state index is 15.2. The van der Waals surface area contributed by atoms with Crippen molar-refractivity contribution < 1.29 is 56.0 Å². The Kier molecular flexibility index (Phi) is 16.6. The van der Waals surface area contributed by atoms with E-state index in [9.17, 15) is 14.8 Å². The summed E-state index contributed by atoms with van der Waals surface area (Å²) in [6.07, 6.45) is -9.78. The SMILES string of the molecule is O=P(OCc1ccccc1)(OCc1ccccc1)O[C@H]1[C@H](OCc2ccccc2)[C@@H](OCc2ccccc2)[C@H](O)[C@H](O)[C@@H]1OP(=O)(OCc1ccccc1)OCc1ccccc1. The van der Waals surface area contributed by atoms with Crippen LogP contribution in [0.4, 0.5) is 0 Å². The lowest BCUT2D eigenvalue weighted by atomic mass is 9.84. The number of aliphatic hydroxyl groups is 2. The lowest BCUT2D eigenvalue weighted by Gasteiger charge is -2.47. The minimum atomic E-state index is -4.72. The third kappa shape index (κ3) is 13.2. The van der Waals surface area contributed by atoms with E-state index >= 15 is 4.57 Å². The molecular weight excluding hydrogens is 830 g/mol. The van der Waals surface area contributed by atoms with Gasteiger partial charge in [0.05, 0.1) is 39.6 Å². The molecule has 324 valence electrons. The molecular formula is C48H50O12P2. The molecule has 0 radical (unpaired) electrons. The molecule has 1 aliphatic rings. The van der Waals surface area contributed by atoms with E-state index in [1.807, 2.05) is 109 Å². The fourth-order valence-corrected chi connectivity index (χ4v) is 9.42. The molecule has 6 aromatic carbocycles. The second-order valence-electron chi connectivity index (χ2n) is 14.6. The smallest absolute Gasteiger partial charge is 0.387 e. The molecule has 0 aromatic heterocycles. The van der Waals surface area contributed by atoms with Gasteiger partial charge in [-0.1, -0.05) is 182 Å². The lowest BCUT2D eigenvalue weighted by Crippen LogP contribution is -2.66. The van der Waals surface area contributed by atoms with Crippen LogP contribution in [0.1, 0.15) is 33.4 Å². The van der Waals surface area contributed by atoms with Crippen LogP contribution < -0.4 is 0 Å². The van der Waals surface area contributed by atoms with Crippen LogP contribution in [-0.4, -0.2) is 46.8 Å². The summed E-state index contributed by atoms with van der Waals surface area (Å²) in [5.74, 6) is 0. The van der Waals surface area contributed by atoms with Crippen LogP contribution in [0.3, 0.4) is 0 Å². The molecule has 0 amide bonds. The number of hydrogen-bond acceptors (Lipinski definition) is 12. The first kappa shape index (κ1) is 45.4. The lowest BCUT2D eigenvalue weighted by molar-refractivity contribution is -0.246. The van der Waals surface area contributed by atoms with E-state index in [4.69, 9.17) is 36.6 Å². The summed E-state index contributed by atoms with van der Waals surface area (Å²) >= 11 is 0. The third-order valence-corrected chi connectivity index (χ3v) is 12.8. The van der Waals surface area contributed by atoms with Gasteiger partial charge in [0.1, 0.15) is 36.6 Å². The van der Waals surface area contributed by atoms with E-state index in [0.717, 1.165) is 11.1 Å². The predicted molar refractivity (Wildman–Crippen MR) is 232 cm³/mol. The highest BCUT2D eigenvalue weighted by atomic mass is 31.2. The van der Waals surface area contributed by atoms with E-state index in [2.05, 4.69) is 0 Å². The van der Waals surface area contributed by atoms with Crippen molar-refractivity contribution in [1.29, 1.82) is 0 Å². The maximum atomic E-state index is 15.2. The van der Waals surface area contributed by atoms with Crippen molar-refractivity contribution in [2.75, 3.05) is 0 Å². The molecule has 12 nitrogen and oxygen atoms in total. The Morgan fingerprint density at radius 2 is 0.565 bits per heavy atom. The maximum Gasteiger partial charge on any atom is 0.475 e. The number of benzene rings is 6. The molecule has 1 saturated carbocycles. The number of ether oxygens (including phenoxy) is 2. The summed E-state index contributed by atoms with van der Waals surface area (Å²) in [6.45, 7) is -0.862. The van der Waals surface area contributed by atoms with E-state index < -0.39 is 52.3 Å². The number of phosphoric ester groups is 2. The molecule has 6 aromatic rings. The topological polar surface area (TPSA) is 148 Å². The van der Waals surface area contributed by atoms with Crippen LogP contribution in [0.5, 0.6) is 0 Å². The molecule has 62 heavy (non-hydrogen) atoms. The van der Waals surface area contributed by atoms with E-state index in [1.54, 1.807) is 72.8 Å². The minimum absolute atomic E-state index is 0.00965. The van der Waals surface area contributed by atoms with Gasteiger partial charge in [-0.15, -0.1) is 0 Å². The summed E-state index contributed by atoms with van der Waals surface area (Å²) in [5.41, 5.74) is 4.16. The van der Waals surface area contributed by atoms with Crippen LogP contribution in [-0.2, 0) is 85.4 Å². The Hall–Kier alpha value is -4.62. The van der Waals surface area contributed by atoms with Crippen LogP contribution >= 0.6 is 15.6 Å². The fourth-order valence-electron chi connectivity index (χ4n) is 6.72.